The lowest BCUT2D eigenvalue weighted by atomic mass is 9.92. The standard InChI is InChI=1S/C16H12ClNO2/c1-9-16(19)18-8-10-4-2-3-5-11(10)14-12(17)6-7-13(20-9)15(14)18/h2-7,9H,8H2,1H3. The molecule has 1 amide bonds. The van der Waals surface area contributed by atoms with Gasteiger partial charge in [-0.25, -0.2) is 0 Å². The van der Waals surface area contributed by atoms with E-state index < -0.39 is 6.10 Å². The topological polar surface area (TPSA) is 29.5 Å². The van der Waals surface area contributed by atoms with E-state index in [0.29, 0.717) is 11.6 Å². The zero-order chi connectivity index (χ0) is 13.9. The average molecular weight is 286 g/mol. The van der Waals surface area contributed by atoms with Crippen LogP contribution in [-0.4, -0.2) is 12.0 Å². The molecule has 20 heavy (non-hydrogen) atoms. The highest BCUT2D eigenvalue weighted by Gasteiger charge is 2.37. The van der Waals surface area contributed by atoms with Gasteiger partial charge >= 0.3 is 0 Å². The van der Waals surface area contributed by atoms with Gasteiger partial charge in [-0.15, -0.1) is 0 Å². The van der Waals surface area contributed by atoms with Crippen molar-refractivity contribution in [1.29, 1.82) is 0 Å². The number of nitrogens with zero attached hydrogens (tertiary/aromatic N) is 1. The Morgan fingerprint density at radius 3 is 2.90 bits per heavy atom. The van der Waals surface area contributed by atoms with E-state index >= 15 is 0 Å². The number of anilines is 1. The number of ether oxygens (including phenoxy) is 1. The zero-order valence-electron chi connectivity index (χ0n) is 10.9. The third kappa shape index (κ3) is 1.44. The molecule has 100 valence electrons. The first-order chi connectivity index (χ1) is 9.66. The largest absolute Gasteiger partial charge is 0.479 e. The Morgan fingerprint density at radius 1 is 1.25 bits per heavy atom. The molecule has 2 aromatic carbocycles. The normalized spacial score (nSPS) is 19.2. The molecule has 2 heterocycles. The summed E-state index contributed by atoms with van der Waals surface area (Å²) in [5.41, 5.74) is 3.89. The number of halogens is 1. The van der Waals surface area contributed by atoms with Crippen LogP contribution in [0.3, 0.4) is 0 Å². The van der Waals surface area contributed by atoms with E-state index in [0.717, 1.165) is 28.1 Å². The molecule has 4 heteroatoms. The zero-order valence-corrected chi connectivity index (χ0v) is 11.6. The van der Waals surface area contributed by atoms with Crippen molar-refractivity contribution in [2.75, 3.05) is 4.90 Å². The molecule has 0 saturated heterocycles. The molecular formula is C16H12ClNO2. The van der Waals surface area contributed by atoms with Gasteiger partial charge in [-0.2, -0.15) is 0 Å². The number of hydrogen-bond acceptors (Lipinski definition) is 2. The van der Waals surface area contributed by atoms with Crippen LogP contribution in [0.2, 0.25) is 5.02 Å². The van der Waals surface area contributed by atoms with Gasteiger partial charge in [-0.3, -0.25) is 4.79 Å². The molecule has 3 nitrogen and oxygen atoms in total. The summed E-state index contributed by atoms with van der Waals surface area (Å²) in [5.74, 6) is 0.710. The number of carbonyl (C=O) groups excluding carboxylic acids is 1. The molecular weight excluding hydrogens is 274 g/mol. The fourth-order valence-corrected chi connectivity index (χ4v) is 3.22. The molecule has 0 bridgehead atoms. The highest BCUT2D eigenvalue weighted by Crippen LogP contribution is 2.50. The lowest BCUT2D eigenvalue weighted by Gasteiger charge is -2.38. The smallest absolute Gasteiger partial charge is 0.268 e. The monoisotopic (exact) mass is 285 g/mol. The van der Waals surface area contributed by atoms with Crippen LogP contribution in [0.4, 0.5) is 5.69 Å². The van der Waals surface area contributed by atoms with E-state index in [2.05, 4.69) is 0 Å². The van der Waals surface area contributed by atoms with Gasteiger partial charge in [0.05, 0.1) is 17.3 Å². The summed E-state index contributed by atoms with van der Waals surface area (Å²) in [7, 11) is 0. The summed E-state index contributed by atoms with van der Waals surface area (Å²) in [4.78, 5) is 14.2. The molecule has 1 unspecified atom stereocenters. The summed E-state index contributed by atoms with van der Waals surface area (Å²) in [6, 6.07) is 11.7. The Bertz CT molecular complexity index is 741. The molecule has 0 radical (unpaired) electrons. The van der Waals surface area contributed by atoms with Crippen LogP contribution in [0.15, 0.2) is 36.4 Å². The van der Waals surface area contributed by atoms with Crippen molar-refractivity contribution in [2.24, 2.45) is 0 Å². The van der Waals surface area contributed by atoms with Crippen LogP contribution in [-0.2, 0) is 11.3 Å². The molecule has 2 aromatic rings. The Labute approximate surface area is 121 Å². The fraction of sp³-hybridized carbons (Fsp3) is 0.188. The van der Waals surface area contributed by atoms with Gasteiger partial charge in [-0.1, -0.05) is 35.9 Å². The van der Waals surface area contributed by atoms with E-state index in [-0.39, 0.29) is 5.91 Å². The predicted molar refractivity (Wildman–Crippen MR) is 78.2 cm³/mol. The first-order valence-corrected chi connectivity index (χ1v) is 6.93. The summed E-state index contributed by atoms with van der Waals surface area (Å²) in [6.07, 6.45) is -0.457. The minimum absolute atomic E-state index is 0.0180. The third-order valence-corrected chi connectivity index (χ3v) is 4.21. The molecule has 1 atom stereocenters. The van der Waals surface area contributed by atoms with Crippen LogP contribution < -0.4 is 9.64 Å². The summed E-state index contributed by atoms with van der Waals surface area (Å²) < 4.78 is 5.71. The van der Waals surface area contributed by atoms with Gasteiger partial charge in [0.1, 0.15) is 5.75 Å². The van der Waals surface area contributed by atoms with Gasteiger partial charge in [0.15, 0.2) is 6.10 Å². The van der Waals surface area contributed by atoms with E-state index in [9.17, 15) is 4.79 Å². The minimum atomic E-state index is -0.457. The maximum Gasteiger partial charge on any atom is 0.268 e. The fourth-order valence-electron chi connectivity index (χ4n) is 2.97. The molecule has 0 N–H and O–H groups in total. The van der Waals surface area contributed by atoms with Crippen LogP contribution in [0.1, 0.15) is 12.5 Å². The first kappa shape index (κ1) is 11.8. The molecule has 2 aliphatic heterocycles. The van der Waals surface area contributed by atoms with Crippen LogP contribution >= 0.6 is 11.6 Å². The predicted octanol–water partition coefficient (Wildman–Crippen LogP) is 3.63. The van der Waals surface area contributed by atoms with Crippen molar-refractivity contribution in [3.8, 4) is 16.9 Å². The van der Waals surface area contributed by atoms with Crippen molar-refractivity contribution < 1.29 is 9.53 Å². The lowest BCUT2D eigenvalue weighted by Crippen LogP contribution is -2.45. The second-order valence-electron chi connectivity index (χ2n) is 5.11. The molecule has 0 spiro atoms. The van der Waals surface area contributed by atoms with Crippen molar-refractivity contribution in [3.05, 3.63) is 47.0 Å². The number of hydrogen-bond donors (Lipinski definition) is 0. The van der Waals surface area contributed by atoms with Gasteiger partial charge < -0.3 is 9.64 Å². The third-order valence-electron chi connectivity index (χ3n) is 3.89. The van der Waals surface area contributed by atoms with E-state index in [4.69, 9.17) is 16.3 Å². The van der Waals surface area contributed by atoms with Crippen molar-refractivity contribution in [1.82, 2.24) is 0 Å². The molecule has 2 aliphatic rings. The molecule has 0 aromatic heterocycles. The van der Waals surface area contributed by atoms with Gasteiger partial charge in [0, 0.05) is 5.56 Å². The minimum Gasteiger partial charge on any atom is -0.479 e. The molecule has 0 fully saturated rings. The molecule has 0 aliphatic carbocycles. The highest BCUT2D eigenvalue weighted by molar-refractivity contribution is 6.34. The Kier molecular flexibility index (Phi) is 2.36. The highest BCUT2D eigenvalue weighted by atomic mass is 35.5. The summed E-state index contributed by atoms with van der Waals surface area (Å²) in [5, 5.41) is 0.645. The second kappa shape index (κ2) is 4.00. The number of fused-ring (bicyclic) bond motifs is 2. The van der Waals surface area contributed by atoms with Crippen LogP contribution in [0.5, 0.6) is 5.75 Å². The number of rotatable bonds is 0. The van der Waals surface area contributed by atoms with Crippen molar-refractivity contribution in [3.63, 3.8) is 0 Å². The first-order valence-electron chi connectivity index (χ1n) is 6.55. The van der Waals surface area contributed by atoms with Crippen LogP contribution in [0.25, 0.3) is 11.1 Å². The van der Waals surface area contributed by atoms with Gasteiger partial charge in [0.2, 0.25) is 0 Å². The Hall–Kier alpha value is -2.00. The summed E-state index contributed by atoms with van der Waals surface area (Å²) >= 11 is 6.38. The number of amides is 1. The quantitative estimate of drug-likeness (QED) is 0.740. The molecule has 4 rings (SSSR count). The Balaban J connectivity index is 2.08. The summed E-state index contributed by atoms with van der Waals surface area (Å²) in [6.45, 7) is 2.35. The van der Waals surface area contributed by atoms with E-state index in [1.807, 2.05) is 36.4 Å². The maximum absolute atomic E-state index is 12.4. The maximum atomic E-state index is 12.4. The van der Waals surface area contributed by atoms with Crippen molar-refractivity contribution >= 4 is 23.2 Å². The second-order valence-corrected chi connectivity index (χ2v) is 5.52. The Morgan fingerprint density at radius 2 is 2.05 bits per heavy atom. The molecule has 0 saturated carbocycles. The van der Waals surface area contributed by atoms with Gasteiger partial charge in [0.25, 0.3) is 5.91 Å². The van der Waals surface area contributed by atoms with Gasteiger partial charge in [-0.05, 0) is 30.2 Å². The SMILES string of the molecule is CC1Oc2ccc(Cl)c3c2N(Cc2ccccc2-3)C1=O. The number of carbonyl (C=O) groups is 1. The van der Waals surface area contributed by atoms with Crippen molar-refractivity contribution in [2.45, 2.75) is 19.6 Å². The van der Waals surface area contributed by atoms with E-state index in [1.54, 1.807) is 11.8 Å². The lowest BCUT2D eigenvalue weighted by molar-refractivity contribution is -0.125. The average Bonchev–Trinajstić information content (AvgIpc) is 2.46. The number of benzene rings is 2. The van der Waals surface area contributed by atoms with Crippen LogP contribution in [0, 0.1) is 0 Å². The van der Waals surface area contributed by atoms with E-state index in [1.165, 1.54) is 0 Å².